The Morgan fingerprint density at radius 3 is 2.84 bits per heavy atom. The number of hydrogen-bond donors (Lipinski definition) is 1. The molecule has 6 heteroatoms. The lowest BCUT2D eigenvalue weighted by atomic mass is 10.2. The monoisotopic (exact) mass is 355 g/mol. The summed E-state index contributed by atoms with van der Waals surface area (Å²) in [4.78, 5) is 4.48. The molecule has 0 aliphatic rings. The standard InChI is InChI=1S/C19H21N3O2S/c1-4-13(2)24-16-10-9-14(11-17(16)23-3)12-20-22-19-21-15-7-5-6-8-18(15)25-19/h5-13H,4H2,1-3H3,(H,21,22)/b20-12-/t13-/m1/s1. The van der Waals surface area contributed by atoms with Crippen LogP contribution >= 0.6 is 11.3 Å². The second-order valence-corrected chi connectivity index (χ2v) is 6.63. The molecule has 0 fully saturated rings. The van der Waals surface area contributed by atoms with Gasteiger partial charge in [0.1, 0.15) is 0 Å². The Morgan fingerprint density at radius 2 is 2.08 bits per heavy atom. The predicted octanol–water partition coefficient (Wildman–Crippen LogP) is 4.93. The predicted molar refractivity (Wildman–Crippen MR) is 104 cm³/mol. The molecule has 0 aliphatic carbocycles. The van der Waals surface area contributed by atoms with Gasteiger partial charge in [0.2, 0.25) is 5.13 Å². The lowest BCUT2D eigenvalue weighted by Crippen LogP contribution is -2.10. The van der Waals surface area contributed by atoms with E-state index >= 15 is 0 Å². The number of nitrogens with one attached hydrogen (secondary N) is 1. The van der Waals surface area contributed by atoms with Crippen molar-refractivity contribution >= 4 is 32.9 Å². The fourth-order valence-electron chi connectivity index (χ4n) is 2.24. The van der Waals surface area contributed by atoms with Crippen LogP contribution in [0.3, 0.4) is 0 Å². The molecule has 3 rings (SSSR count). The Bertz CT molecular complexity index is 843. The summed E-state index contributed by atoms with van der Waals surface area (Å²) in [6, 6.07) is 13.8. The molecule has 0 aliphatic heterocycles. The molecule has 25 heavy (non-hydrogen) atoms. The maximum atomic E-state index is 5.85. The summed E-state index contributed by atoms with van der Waals surface area (Å²) in [7, 11) is 1.64. The number of anilines is 1. The largest absolute Gasteiger partial charge is 0.493 e. The molecule has 1 atom stereocenters. The Hall–Kier alpha value is -2.60. The van der Waals surface area contributed by atoms with E-state index in [1.54, 1.807) is 24.7 Å². The van der Waals surface area contributed by atoms with Gasteiger partial charge in [-0.25, -0.2) is 4.98 Å². The molecule has 0 unspecified atom stereocenters. The molecule has 0 radical (unpaired) electrons. The molecule has 0 saturated heterocycles. The van der Waals surface area contributed by atoms with Crippen molar-refractivity contribution in [2.24, 2.45) is 5.10 Å². The number of nitrogens with zero attached hydrogens (tertiary/aromatic N) is 2. The molecule has 1 aromatic heterocycles. The Morgan fingerprint density at radius 1 is 1.24 bits per heavy atom. The van der Waals surface area contributed by atoms with Crippen molar-refractivity contribution in [2.45, 2.75) is 26.4 Å². The maximum Gasteiger partial charge on any atom is 0.204 e. The summed E-state index contributed by atoms with van der Waals surface area (Å²) in [5.41, 5.74) is 4.87. The minimum absolute atomic E-state index is 0.147. The van der Waals surface area contributed by atoms with Crippen LogP contribution in [0.2, 0.25) is 0 Å². The fraction of sp³-hybridized carbons (Fsp3) is 0.263. The van der Waals surface area contributed by atoms with E-state index in [0.717, 1.165) is 33.1 Å². The summed E-state index contributed by atoms with van der Waals surface area (Å²) in [6.07, 6.45) is 2.83. The highest BCUT2D eigenvalue weighted by molar-refractivity contribution is 7.22. The van der Waals surface area contributed by atoms with Crippen molar-refractivity contribution in [3.05, 3.63) is 48.0 Å². The van der Waals surface area contributed by atoms with Crippen LogP contribution in [0.1, 0.15) is 25.8 Å². The highest BCUT2D eigenvalue weighted by atomic mass is 32.1. The van der Waals surface area contributed by atoms with Gasteiger partial charge in [-0.2, -0.15) is 5.10 Å². The SMILES string of the molecule is CC[C@@H](C)Oc1ccc(/C=N\Nc2nc3ccccc3s2)cc1OC. The van der Waals surface area contributed by atoms with Crippen LogP contribution < -0.4 is 14.9 Å². The number of ether oxygens (including phenoxy) is 2. The first kappa shape index (κ1) is 17.2. The minimum Gasteiger partial charge on any atom is -0.493 e. The van der Waals surface area contributed by atoms with Crippen LogP contribution in [0, 0.1) is 0 Å². The molecule has 0 saturated carbocycles. The quantitative estimate of drug-likeness (QED) is 0.482. The zero-order valence-corrected chi connectivity index (χ0v) is 15.3. The van der Waals surface area contributed by atoms with Gasteiger partial charge in [-0.15, -0.1) is 0 Å². The molecule has 1 heterocycles. The average Bonchev–Trinajstić information content (AvgIpc) is 3.05. The minimum atomic E-state index is 0.147. The first-order valence-corrected chi connectivity index (χ1v) is 9.00. The third-order valence-corrected chi connectivity index (χ3v) is 4.70. The third-order valence-electron chi connectivity index (χ3n) is 3.76. The van der Waals surface area contributed by atoms with E-state index in [0.29, 0.717) is 5.75 Å². The molecular formula is C19H21N3O2S. The first-order valence-electron chi connectivity index (χ1n) is 8.19. The zero-order chi connectivity index (χ0) is 17.6. The summed E-state index contributed by atoms with van der Waals surface area (Å²) >= 11 is 1.57. The molecule has 130 valence electrons. The molecule has 5 nitrogen and oxygen atoms in total. The van der Waals surface area contributed by atoms with Crippen LogP contribution in [-0.4, -0.2) is 24.4 Å². The first-order chi connectivity index (χ1) is 12.2. The van der Waals surface area contributed by atoms with Crippen LogP contribution in [0.25, 0.3) is 10.2 Å². The van der Waals surface area contributed by atoms with Gasteiger partial charge in [-0.3, -0.25) is 5.43 Å². The molecule has 1 N–H and O–H groups in total. The van der Waals surface area contributed by atoms with E-state index in [1.165, 1.54) is 0 Å². The van der Waals surface area contributed by atoms with Gasteiger partial charge < -0.3 is 9.47 Å². The number of aromatic nitrogens is 1. The van der Waals surface area contributed by atoms with E-state index in [1.807, 2.05) is 49.4 Å². The number of benzene rings is 2. The second kappa shape index (κ2) is 7.98. The van der Waals surface area contributed by atoms with E-state index in [4.69, 9.17) is 9.47 Å². The lowest BCUT2D eigenvalue weighted by molar-refractivity contribution is 0.207. The Balaban J connectivity index is 1.70. The fourth-order valence-corrected chi connectivity index (χ4v) is 3.06. The number of hydrazone groups is 1. The number of thiazole rings is 1. The van der Waals surface area contributed by atoms with Crippen molar-refractivity contribution < 1.29 is 9.47 Å². The van der Waals surface area contributed by atoms with Crippen molar-refractivity contribution in [3.8, 4) is 11.5 Å². The lowest BCUT2D eigenvalue weighted by Gasteiger charge is -2.15. The van der Waals surface area contributed by atoms with E-state index in [9.17, 15) is 0 Å². The van der Waals surface area contributed by atoms with Crippen LogP contribution in [0.4, 0.5) is 5.13 Å². The Kier molecular flexibility index (Phi) is 5.50. The summed E-state index contributed by atoms with van der Waals surface area (Å²) in [6.45, 7) is 4.13. The number of methoxy groups -OCH3 is 1. The van der Waals surface area contributed by atoms with Crippen molar-refractivity contribution in [1.29, 1.82) is 0 Å². The summed E-state index contributed by atoms with van der Waals surface area (Å²) in [5, 5.41) is 5.03. The Labute approximate surface area is 151 Å². The average molecular weight is 355 g/mol. The maximum absolute atomic E-state index is 5.85. The molecular weight excluding hydrogens is 334 g/mol. The van der Waals surface area contributed by atoms with Gasteiger partial charge in [-0.1, -0.05) is 30.4 Å². The van der Waals surface area contributed by atoms with Crippen molar-refractivity contribution in [2.75, 3.05) is 12.5 Å². The van der Waals surface area contributed by atoms with Crippen LogP contribution in [0.15, 0.2) is 47.6 Å². The van der Waals surface area contributed by atoms with Gasteiger partial charge in [0.25, 0.3) is 0 Å². The third kappa shape index (κ3) is 4.28. The summed E-state index contributed by atoms with van der Waals surface area (Å²) in [5.74, 6) is 1.44. The molecule has 2 aromatic carbocycles. The van der Waals surface area contributed by atoms with E-state index < -0.39 is 0 Å². The highest BCUT2D eigenvalue weighted by Gasteiger charge is 2.08. The molecule has 0 amide bonds. The smallest absolute Gasteiger partial charge is 0.204 e. The van der Waals surface area contributed by atoms with Gasteiger partial charge in [0, 0.05) is 0 Å². The van der Waals surface area contributed by atoms with Crippen molar-refractivity contribution in [3.63, 3.8) is 0 Å². The van der Waals surface area contributed by atoms with Crippen LogP contribution in [-0.2, 0) is 0 Å². The molecule has 3 aromatic rings. The number of fused-ring (bicyclic) bond motifs is 1. The summed E-state index contributed by atoms with van der Waals surface area (Å²) < 4.78 is 12.4. The van der Waals surface area contributed by atoms with Gasteiger partial charge >= 0.3 is 0 Å². The van der Waals surface area contributed by atoms with Gasteiger partial charge in [0.15, 0.2) is 11.5 Å². The van der Waals surface area contributed by atoms with Crippen LogP contribution in [0.5, 0.6) is 11.5 Å². The highest BCUT2D eigenvalue weighted by Crippen LogP contribution is 2.29. The topological polar surface area (TPSA) is 55.7 Å². The molecule has 0 bridgehead atoms. The van der Waals surface area contributed by atoms with E-state index in [-0.39, 0.29) is 6.10 Å². The van der Waals surface area contributed by atoms with Crippen molar-refractivity contribution in [1.82, 2.24) is 4.98 Å². The molecule has 0 spiro atoms. The van der Waals surface area contributed by atoms with Gasteiger partial charge in [-0.05, 0) is 49.2 Å². The van der Waals surface area contributed by atoms with E-state index in [2.05, 4.69) is 22.4 Å². The second-order valence-electron chi connectivity index (χ2n) is 5.60. The number of rotatable bonds is 7. The van der Waals surface area contributed by atoms with Gasteiger partial charge in [0.05, 0.1) is 29.6 Å². The number of para-hydroxylation sites is 1. The zero-order valence-electron chi connectivity index (χ0n) is 14.5. The number of hydrogen-bond acceptors (Lipinski definition) is 6. The normalized spacial score (nSPS) is 12.4.